The van der Waals surface area contributed by atoms with E-state index in [0.29, 0.717) is 17.0 Å². The summed E-state index contributed by atoms with van der Waals surface area (Å²) in [7, 11) is 0. The molecular weight excluding hydrogens is 733 g/mol. The molecule has 2 heterocycles. The first kappa shape index (κ1) is 38.7. The molecule has 9 rings (SSSR count). The van der Waals surface area contributed by atoms with Gasteiger partial charge >= 0.3 is 0 Å². The Morgan fingerprint density at radius 3 is 1.77 bits per heavy atom. The van der Waals surface area contributed by atoms with E-state index in [1.54, 1.807) is 6.07 Å². The monoisotopic (exact) mass is 782 g/mol. The number of phenols is 1. The average Bonchev–Trinajstić information content (AvgIpc) is 3.67. The molecule has 0 saturated heterocycles. The van der Waals surface area contributed by atoms with Gasteiger partial charge in [0.25, 0.3) is 0 Å². The van der Waals surface area contributed by atoms with E-state index in [1.807, 2.05) is 18.3 Å². The number of aryl methyl sites for hydroxylation is 2. The van der Waals surface area contributed by atoms with Gasteiger partial charge in [-0.05, 0) is 140 Å². The van der Waals surface area contributed by atoms with Crippen LogP contribution in [0.3, 0.4) is 0 Å². The van der Waals surface area contributed by atoms with Crippen LogP contribution in [-0.2, 0) is 10.8 Å². The van der Waals surface area contributed by atoms with Crippen molar-refractivity contribution in [3.63, 3.8) is 0 Å². The van der Waals surface area contributed by atoms with Crippen molar-refractivity contribution in [1.29, 1.82) is 0 Å². The molecule has 0 radical (unpaired) electrons. The minimum Gasteiger partial charge on any atom is -0.507 e. The molecule has 0 spiro atoms. The third-order valence-electron chi connectivity index (χ3n) is 11.9. The van der Waals surface area contributed by atoms with Gasteiger partial charge in [0, 0.05) is 22.7 Å². The number of fused-ring (bicyclic) bond motifs is 2. The number of benzene rings is 7. The Morgan fingerprint density at radius 2 is 1.08 bits per heavy atom. The van der Waals surface area contributed by atoms with Gasteiger partial charge in [0.05, 0.1) is 11.1 Å². The number of nitrogens with zero attached hydrogens (tertiary/aromatic N) is 2. The van der Waals surface area contributed by atoms with Crippen LogP contribution >= 0.6 is 0 Å². The van der Waals surface area contributed by atoms with Crippen molar-refractivity contribution in [2.45, 2.75) is 66.2 Å². The molecule has 0 bridgehead atoms. The quantitative estimate of drug-likeness (QED) is 0.182. The summed E-state index contributed by atoms with van der Waals surface area (Å²) >= 11 is 0. The topological polar surface area (TPSA) is 59.2 Å². The molecule has 0 aliphatic heterocycles. The molecule has 4 heteroatoms. The summed E-state index contributed by atoms with van der Waals surface area (Å²) in [6.45, 7) is 17.6. The molecule has 0 amide bonds. The van der Waals surface area contributed by atoms with E-state index >= 15 is 0 Å². The predicted molar refractivity (Wildman–Crippen MR) is 250 cm³/mol. The maximum absolute atomic E-state index is 11.2. The van der Waals surface area contributed by atoms with Crippen LogP contribution in [0.1, 0.15) is 63.8 Å². The van der Waals surface area contributed by atoms with Gasteiger partial charge in [-0.15, -0.1) is 0 Å². The van der Waals surface area contributed by atoms with Gasteiger partial charge < -0.3 is 9.52 Å². The Kier molecular flexibility index (Phi) is 9.55. The van der Waals surface area contributed by atoms with E-state index in [-0.39, 0.29) is 16.6 Å². The standard InChI is InChI=1S/C56H50N2O2/c1-34-14-12-15-35(2)51(34)41-30-45(52-47(31-41)44(26-27-57-52)37-16-10-9-11-17-37)38-18-13-19-39(28-38)46-29-40(36-20-22-42(23-21-36)55(3,4)5)32-50-53(46)58-54(60-50)48-33-43(56(6,7)8)24-25-49(48)59/h9-33,59H,1-8H3. The normalized spacial score (nSPS) is 12.1. The van der Waals surface area contributed by atoms with Crippen molar-refractivity contribution < 1.29 is 9.52 Å². The van der Waals surface area contributed by atoms with Gasteiger partial charge in [0.1, 0.15) is 11.3 Å². The number of rotatable bonds is 6. The van der Waals surface area contributed by atoms with Crippen molar-refractivity contribution >= 4 is 22.0 Å². The van der Waals surface area contributed by atoms with Crippen LogP contribution in [0, 0.1) is 13.8 Å². The van der Waals surface area contributed by atoms with Gasteiger partial charge in [-0.3, -0.25) is 4.98 Å². The van der Waals surface area contributed by atoms with E-state index in [2.05, 4.69) is 183 Å². The predicted octanol–water partition coefficient (Wildman–Crippen LogP) is 15.3. The Morgan fingerprint density at radius 1 is 0.467 bits per heavy atom. The Labute approximate surface area is 353 Å². The Hall–Kier alpha value is -6.78. The minimum atomic E-state index is -0.122. The second-order valence-corrected chi connectivity index (χ2v) is 18.2. The highest BCUT2D eigenvalue weighted by Crippen LogP contribution is 2.43. The highest BCUT2D eigenvalue weighted by Gasteiger charge is 2.23. The SMILES string of the molecule is Cc1cccc(C)c1-c1cc(-c2cccc(-c3cc(-c4ccc(C(C)(C)C)cc4)cc4oc(-c5cc(C(C)(C)C)ccc5O)nc34)c2)c2nccc(-c3ccccc3)c2c1. The van der Waals surface area contributed by atoms with Crippen molar-refractivity contribution in [3.05, 3.63) is 174 Å². The summed E-state index contributed by atoms with van der Waals surface area (Å²) in [6, 6.07) is 51.4. The molecule has 4 nitrogen and oxygen atoms in total. The number of pyridine rings is 1. The first-order valence-electron chi connectivity index (χ1n) is 20.8. The molecule has 60 heavy (non-hydrogen) atoms. The van der Waals surface area contributed by atoms with E-state index in [9.17, 15) is 5.11 Å². The van der Waals surface area contributed by atoms with Crippen LogP contribution in [0.2, 0.25) is 0 Å². The van der Waals surface area contributed by atoms with Gasteiger partial charge in [-0.2, -0.15) is 0 Å². The van der Waals surface area contributed by atoms with Crippen molar-refractivity contribution in [2.75, 3.05) is 0 Å². The van der Waals surface area contributed by atoms with E-state index in [1.165, 1.54) is 22.3 Å². The molecule has 0 fully saturated rings. The van der Waals surface area contributed by atoms with E-state index in [4.69, 9.17) is 14.4 Å². The van der Waals surface area contributed by atoms with Crippen LogP contribution < -0.4 is 0 Å². The van der Waals surface area contributed by atoms with Crippen molar-refractivity contribution in [1.82, 2.24) is 9.97 Å². The number of aromatic hydroxyl groups is 1. The second kappa shape index (κ2) is 14.8. The zero-order chi connectivity index (χ0) is 41.9. The molecule has 0 aliphatic carbocycles. The number of aromatic nitrogens is 2. The number of oxazole rings is 1. The number of hydrogen-bond donors (Lipinski definition) is 1. The Bertz CT molecular complexity index is 3050. The lowest BCUT2D eigenvalue weighted by Gasteiger charge is -2.19. The van der Waals surface area contributed by atoms with Crippen LogP contribution in [-0.4, -0.2) is 15.1 Å². The van der Waals surface area contributed by atoms with Gasteiger partial charge in [0.15, 0.2) is 5.58 Å². The molecule has 9 aromatic rings. The lowest BCUT2D eigenvalue weighted by atomic mass is 9.86. The fraction of sp³-hybridized carbons (Fsp3) is 0.179. The fourth-order valence-electron chi connectivity index (χ4n) is 8.48. The van der Waals surface area contributed by atoms with Crippen LogP contribution in [0.25, 0.3) is 89.1 Å². The summed E-state index contributed by atoms with van der Waals surface area (Å²) in [4.78, 5) is 10.2. The van der Waals surface area contributed by atoms with Gasteiger partial charge in [-0.25, -0.2) is 4.98 Å². The summed E-state index contributed by atoms with van der Waals surface area (Å²) in [5.41, 5.74) is 18.5. The summed E-state index contributed by atoms with van der Waals surface area (Å²) in [5, 5.41) is 12.3. The Balaban J connectivity index is 1.27. The zero-order valence-corrected chi connectivity index (χ0v) is 35.7. The molecule has 0 unspecified atom stereocenters. The molecule has 0 saturated carbocycles. The smallest absolute Gasteiger partial charge is 0.231 e. The second-order valence-electron chi connectivity index (χ2n) is 18.2. The van der Waals surface area contributed by atoms with Crippen LogP contribution in [0.15, 0.2) is 156 Å². The third kappa shape index (κ3) is 7.17. The maximum Gasteiger partial charge on any atom is 0.231 e. The first-order chi connectivity index (χ1) is 28.7. The average molecular weight is 783 g/mol. The molecule has 296 valence electrons. The fourth-order valence-corrected chi connectivity index (χ4v) is 8.48. The molecule has 0 atom stereocenters. The van der Waals surface area contributed by atoms with Crippen LogP contribution in [0.4, 0.5) is 0 Å². The third-order valence-corrected chi connectivity index (χ3v) is 11.9. The molecule has 1 N–H and O–H groups in total. The van der Waals surface area contributed by atoms with Crippen molar-refractivity contribution in [2.24, 2.45) is 0 Å². The van der Waals surface area contributed by atoms with Crippen molar-refractivity contribution in [3.8, 4) is 72.8 Å². The summed E-state index contributed by atoms with van der Waals surface area (Å²) < 4.78 is 6.64. The first-order valence-corrected chi connectivity index (χ1v) is 20.8. The molecule has 0 aliphatic rings. The zero-order valence-electron chi connectivity index (χ0n) is 35.7. The highest BCUT2D eigenvalue weighted by atomic mass is 16.3. The molecule has 7 aromatic carbocycles. The molecular formula is C56H50N2O2. The summed E-state index contributed by atoms with van der Waals surface area (Å²) in [5.74, 6) is 0.519. The largest absolute Gasteiger partial charge is 0.507 e. The molecule has 2 aromatic heterocycles. The minimum absolute atomic E-state index is 0.0353. The van der Waals surface area contributed by atoms with Crippen LogP contribution in [0.5, 0.6) is 5.75 Å². The highest BCUT2D eigenvalue weighted by molar-refractivity contribution is 6.06. The maximum atomic E-state index is 11.2. The van der Waals surface area contributed by atoms with Gasteiger partial charge in [-0.1, -0.05) is 139 Å². The lowest BCUT2D eigenvalue weighted by Crippen LogP contribution is -2.10. The lowest BCUT2D eigenvalue weighted by molar-refractivity contribution is 0.473. The van der Waals surface area contributed by atoms with E-state index < -0.39 is 0 Å². The van der Waals surface area contributed by atoms with Gasteiger partial charge in [0.2, 0.25) is 5.89 Å². The number of hydrogen-bond acceptors (Lipinski definition) is 4. The summed E-state index contributed by atoms with van der Waals surface area (Å²) in [6.07, 6.45) is 1.93. The van der Waals surface area contributed by atoms with E-state index in [0.717, 1.165) is 72.1 Å². The number of phenolic OH excluding ortho intramolecular Hbond substituents is 1.